The molecule has 0 spiro atoms. The standard InChI is InChI=1S/C53H92N2O7/c1-3-5-7-9-11-13-15-17-19-20-21-22-24-26-28-30-32-37-41-45-52(59)62-48(42-38-34-31-29-27-25-23-18-16-14-12-10-8-6-4-2)43-39-35-33-36-40-44-50(57)54-46-51(58)55-49(47-56)53(60)61/h5,7,11,13,17,19,21-22,26,28,48-49,56H,3-4,6,8-10,12,14-16,18,20,23-25,27,29-47H2,1-2H3,(H,54,57)(H,55,58)(H,60,61)/b7-5-,13-11-,19-17-,22-21-,28-26-. The van der Waals surface area contributed by atoms with E-state index in [1.165, 1.54) is 89.9 Å². The van der Waals surface area contributed by atoms with Gasteiger partial charge in [0.15, 0.2) is 0 Å². The molecule has 356 valence electrons. The molecule has 9 nitrogen and oxygen atoms in total. The van der Waals surface area contributed by atoms with E-state index < -0.39 is 24.5 Å². The maximum absolute atomic E-state index is 12.9. The maximum atomic E-state index is 12.9. The molecule has 0 aromatic rings. The second kappa shape index (κ2) is 47.0. The largest absolute Gasteiger partial charge is 0.480 e. The van der Waals surface area contributed by atoms with E-state index in [0.29, 0.717) is 12.8 Å². The lowest BCUT2D eigenvalue weighted by molar-refractivity contribution is -0.150. The van der Waals surface area contributed by atoms with Gasteiger partial charge in [0.2, 0.25) is 11.8 Å². The van der Waals surface area contributed by atoms with Crippen LogP contribution in [0.1, 0.15) is 226 Å². The SMILES string of the molecule is CC/C=C\C/C=C\C/C=C\C/C=C\C/C=C\CCCCCC(=O)OC(CCCCCCCCCCCCCCCCC)CCCCCCCC(=O)NCC(=O)NC(CO)C(=O)O. The first-order valence-electron chi connectivity index (χ1n) is 25.2. The van der Waals surface area contributed by atoms with Gasteiger partial charge >= 0.3 is 11.9 Å². The number of rotatable bonds is 45. The maximum Gasteiger partial charge on any atom is 0.328 e. The van der Waals surface area contributed by atoms with Crippen LogP contribution in [0.15, 0.2) is 60.8 Å². The lowest BCUT2D eigenvalue weighted by atomic mass is 10.0. The lowest BCUT2D eigenvalue weighted by Gasteiger charge is -2.18. The number of aliphatic hydroxyl groups is 1. The van der Waals surface area contributed by atoms with Crippen molar-refractivity contribution in [1.82, 2.24) is 10.6 Å². The molecule has 0 heterocycles. The van der Waals surface area contributed by atoms with Gasteiger partial charge in [-0.1, -0.05) is 190 Å². The summed E-state index contributed by atoms with van der Waals surface area (Å²) < 4.78 is 6.05. The molecule has 0 aromatic carbocycles. The van der Waals surface area contributed by atoms with Gasteiger partial charge in [0.25, 0.3) is 0 Å². The number of allylic oxidation sites excluding steroid dienone is 10. The molecule has 2 atom stereocenters. The Morgan fingerprint density at radius 2 is 0.919 bits per heavy atom. The molecule has 0 saturated heterocycles. The Morgan fingerprint density at radius 3 is 1.39 bits per heavy atom. The summed E-state index contributed by atoms with van der Waals surface area (Å²) in [5, 5.41) is 22.6. The van der Waals surface area contributed by atoms with Crippen LogP contribution in [0.5, 0.6) is 0 Å². The highest BCUT2D eigenvalue weighted by Crippen LogP contribution is 2.19. The number of hydrogen-bond donors (Lipinski definition) is 4. The topological polar surface area (TPSA) is 142 Å². The van der Waals surface area contributed by atoms with Gasteiger partial charge in [0, 0.05) is 12.8 Å². The van der Waals surface area contributed by atoms with Gasteiger partial charge < -0.3 is 25.6 Å². The van der Waals surface area contributed by atoms with Crippen molar-refractivity contribution in [2.24, 2.45) is 0 Å². The molecule has 0 aliphatic rings. The van der Waals surface area contributed by atoms with E-state index in [9.17, 15) is 19.2 Å². The zero-order valence-corrected chi connectivity index (χ0v) is 39.6. The van der Waals surface area contributed by atoms with E-state index in [2.05, 4.69) is 85.2 Å². The zero-order chi connectivity index (χ0) is 45.4. The summed E-state index contributed by atoms with van der Waals surface area (Å²) in [7, 11) is 0. The van der Waals surface area contributed by atoms with Crippen LogP contribution < -0.4 is 10.6 Å². The smallest absolute Gasteiger partial charge is 0.328 e. The fraction of sp³-hybridized carbons (Fsp3) is 0.736. The van der Waals surface area contributed by atoms with Gasteiger partial charge in [-0.2, -0.15) is 0 Å². The summed E-state index contributed by atoms with van der Waals surface area (Å²) >= 11 is 0. The predicted molar refractivity (Wildman–Crippen MR) is 259 cm³/mol. The minimum Gasteiger partial charge on any atom is -0.480 e. The minimum atomic E-state index is -1.39. The van der Waals surface area contributed by atoms with Crippen LogP contribution in [0.4, 0.5) is 0 Å². The fourth-order valence-electron chi connectivity index (χ4n) is 7.21. The first-order valence-corrected chi connectivity index (χ1v) is 25.2. The molecule has 0 fully saturated rings. The summed E-state index contributed by atoms with van der Waals surface area (Å²) in [6.07, 6.45) is 58.2. The van der Waals surface area contributed by atoms with Crippen molar-refractivity contribution in [1.29, 1.82) is 0 Å². The van der Waals surface area contributed by atoms with Crippen LogP contribution >= 0.6 is 0 Å². The normalized spacial score (nSPS) is 13.0. The number of hydrogen-bond acceptors (Lipinski definition) is 6. The second-order valence-electron chi connectivity index (χ2n) is 16.9. The van der Waals surface area contributed by atoms with Crippen molar-refractivity contribution < 1.29 is 34.1 Å². The number of carbonyl (C=O) groups is 4. The number of nitrogens with one attached hydrogen (secondary N) is 2. The highest BCUT2D eigenvalue weighted by Gasteiger charge is 2.19. The number of aliphatic hydroxyl groups excluding tert-OH is 1. The van der Waals surface area contributed by atoms with E-state index in [4.69, 9.17) is 14.9 Å². The number of ether oxygens (including phenoxy) is 1. The van der Waals surface area contributed by atoms with E-state index in [0.717, 1.165) is 103 Å². The number of esters is 1. The molecule has 0 bridgehead atoms. The number of carboxylic acid groups (broad SMARTS) is 1. The molecule has 0 aromatic heterocycles. The molecule has 9 heteroatoms. The third kappa shape index (κ3) is 43.2. The van der Waals surface area contributed by atoms with Crippen molar-refractivity contribution >= 4 is 23.8 Å². The Bertz CT molecular complexity index is 1220. The van der Waals surface area contributed by atoms with Crippen LogP contribution in [0, 0.1) is 0 Å². The van der Waals surface area contributed by atoms with E-state index >= 15 is 0 Å². The average Bonchev–Trinajstić information content (AvgIpc) is 3.26. The molecule has 0 saturated carbocycles. The summed E-state index contributed by atoms with van der Waals surface area (Å²) in [5.41, 5.74) is 0. The van der Waals surface area contributed by atoms with Crippen molar-refractivity contribution in [3.8, 4) is 0 Å². The van der Waals surface area contributed by atoms with Crippen molar-refractivity contribution in [2.45, 2.75) is 238 Å². The molecule has 2 amide bonds. The van der Waals surface area contributed by atoms with E-state index in [1.807, 2.05) is 0 Å². The van der Waals surface area contributed by atoms with E-state index in [1.54, 1.807) is 0 Å². The number of amides is 2. The average molecular weight is 869 g/mol. The Morgan fingerprint density at radius 1 is 0.500 bits per heavy atom. The van der Waals surface area contributed by atoms with Crippen molar-refractivity contribution in [3.63, 3.8) is 0 Å². The van der Waals surface area contributed by atoms with Crippen LogP contribution in [0.2, 0.25) is 0 Å². The number of carbonyl (C=O) groups excluding carboxylic acids is 3. The van der Waals surface area contributed by atoms with E-state index in [-0.39, 0.29) is 30.9 Å². The third-order valence-electron chi connectivity index (χ3n) is 11.0. The minimum absolute atomic E-state index is 0.0331. The second-order valence-corrected chi connectivity index (χ2v) is 16.9. The van der Waals surface area contributed by atoms with Gasteiger partial charge in [0.1, 0.15) is 12.1 Å². The molecular weight excluding hydrogens is 777 g/mol. The Labute approximate surface area is 379 Å². The number of aliphatic carboxylic acids is 1. The summed E-state index contributed by atoms with van der Waals surface area (Å²) in [5.74, 6) is -2.32. The van der Waals surface area contributed by atoms with Crippen LogP contribution in [0.3, 0.4) is 0 Å². The van der Waals surface area contributed by atoms with Crippen LogP contribution in [-0.4, -0.2) is 59.3 Å². The molecule has 4 N–H and O–H groups in total. The van der Waals surface area contributed by atoms with Crippen molar-refractivity contribution in [3.05, 3.63) is 60.8 Å². The Hall–Kier alpha value is -3.46. The summed E-state index contributed by atoms with van der Waals surface area (Å²) in [6, 6.07) is -1.39. The summed E-state index contributed by atoms with van der Waals surface area (Å²) in [6.45, 7) is 3.38. The first kappa shape index (κ1) is 58.5. The highest BCUT2D eigenvalue weighted by atomic mass is 16.5. The Kier molecular flexibility index (Phi) is 44.4. The number of carboxylic acids is 1. The highest BCUT2D eigenvalue weighted by molar-refractivity contribution is 5.87. The monoisotopic (exact) mass is 869 g/mol. The Balaban J connectivity index is 4.39. The van der Waals surface area contributed by atoms with Crippen molar-refractivity contribution in [2.75, 3.05) is 13.2 Å². The van der Waals surface area contributed by atoms with Gasteiger partial charge in [-0.25, -0.2) is 4.79 Å². The number of unbranched alkanes of at least 4 members (excludes halogenated alkanes) is 21. The quantitative estimate of drug-likeness (QED) is 0.0271. The van der Waals surface area contributed by atoms with Gasteiger partial charge in [-0.3, -0.25) is 14.4 Å². The summed E-state index contributed by atoms with van der Waals surface area (Å²) in [4.78, 5) is 47.8. The molecule has 0 aliphatic heterocycles. The molecular formula is C53H92N2O7. The molecule has 62 heavy (non-hydrogen) atoms. The fourth-order valence-corrected chi connectivity index (χ4v) is 7.21. The lowest BCUT2D eigenvalue weighted by Crippen LogP contribution is -2.47. The zero-order valence-electron chi connectivity index (χ0n) is 39.6. The van der Waals surface area contributed by atoms with Crippen LogP contribution in [-0.2, 0) is 23.9 Å². The van der Waals surface area contributed by atoms with Gasteiger partial charge in [0.05, 0.1) is 13.2 Å². The molecule has 0 rings (SSSR count). The predicted octanol–water partition coefficient (Wildman–Crippen LogP) is 13.3. The van der Waals surface area contributed by atoms with Crippen LogP contribution in [0.25, 0.3) is 0 Å². The molecule has 0 radical (unpaired) electrons. The third-order valence-corrected chi connectivity index (χ3v) is 11.0. The molecule has 2 unspecified atom stereocenters. The van der Waals surface area contributed by atoms with Gasteiger partial charge in [-0.15, -0.1) is 0 Å². The van der Waals surface area contributed by atoms with Gasteiger partial charge in [-0.05, 0) is 83.5 Å². The molecule has 0 aliphatic carbocycles. The first-order chi connectivity index (χ1) is 30.3.